The molecule has 1 heterocycles. The van der Waals surface area contributed by atoms with E-state index in [9.17, 15) is 4.79 Å². The van der Waals surface area contributed by atoms with Crippen LogP contribution >= 0.6 is 12.4 Å². The number of fused-ring (bicyclic) bond motifs is 1. The van der Waals surface area contributed by atoms with Gasteiger partial charge >= 0.3 is 5.97 Å². The molecule has 4 nitrogen and oxygen atoms in total. The van der Waals surface area contributed by atoms with Crippen LogP contribution < -0.4 is 0 Å². The number of aromatic carboxylic acids is 1. The fraction of sp³-hybridized carbons (Fsp3) is 0.111. The van der Waals surface area contributed by atoms with Crippen LogP contribution in [0.5, 0.6) is 0 Å². The Morgan fingerprint density at radius 2 is 2.21 bits per heavy atom. The van der Waals surface area contributed by atoms with Crippen LogP contribution in [0.15, 0.2) is 18.5 Å². The first kappa shape index (κ1) is 10.5. The van der Waals surface area contributed by atoms with Crippen molar-refractivity contribution in [2.24, 2.45) is 0 Å². The van der Waals surface area contributed by atoms with E-state index in [0.717, 1.165) is 11.1 Å². The van der Waals surface area contributed by atoms with Crippen LogP contribution in [0.2, 0.25) is 0 Å². The summed E-state index contributed by atoms with van der Waals surface area (Å²) in [6.07, 6.45) is 1.55. The third-order valence-corrected chi connectivity index (χ3v) is 2.00. The number of rotatable bonds is 1. The lowest BCUT2D eigenvalue weighted by Crippen LogP contribution is -1.99. The van der Waals surface area contributed by atoms with E-state index in [4.69, 9.17) is 5.11 Å². The first-order valence-electron chi connectivity index (χ1n) is 3.85. The van der Waals surface area contributed by atoms with E-state index in [1.807, 2.05) is 0 Å². The van der Waals surface area contributed by atoms with Crippen LogP contribution in [-0.2, 0) is 0 Å². The van der Waals surface area contributed by atoms with Gasteiger partial charge in [0.15, 0.2) is 0 Å². The second kappa shape index (κ2) is 3.67. The van der Waals surface area contributed by atoms with Crippen LogP contribution in [0.1, 0.15) is 15.9 Å². The van der Waals surface area contributed by atoms with E-state index in [2.05, 4.69) is 9.97 Å². The van der Waals surface area contributed by atoms with Gasteiger partial charge in [-0.25, -0.2) is 9.78 Å². The third-order valence-electron chi connectivity index (χ3n) is 2.00. The number of halogens is 1. The minimum Gasteiger partial charge on any atom is -0.478 e. The Morgan fingerprint density at radius 3 is 2.86 bits per heavy atom. The number of nitrogens with one attached hydrogen (secondary N) is 1. The summed E-state index contributed by atoms with van der Waals surface area (Å²) in [4.78, 5) is 17.7. The first-order valence-corrected chi connectivity index (χ1v) is 3.85. The van der Waals surface area contributed by atoms with Gasteiger partial charge in [-0.05, 0) is 24.6 Å². The van der Waals surface area contributed by atoms with E-state index in [0.29, 0.717) is 11.1 Å². The van der Waals surface area contributed by atoms with Gasteiger partial charge in [-0.3, -0.25) is 0 Å². The fourth-order valence-electron chi connectivity index (χ4n) is 1.32. The highest BCUT2D eigenvalue weighted by Gasteiger charge is 2.08. The molecule has 0 saturated carbocycles. The molecule has 2 N–H and O–H groups in total. The lowest BCUT2D eigenvalue weighted by Gasteiger charge is -1.99. The summed E-state index contributed by atoms with van der Waals surface area (Å²) < 4.78 is 0. The van der Waals surface area contributed by atoms with E-state index in [-0.39, 0.29) is 12.4 Å². The molecule has 0 amide bonds. The predicted octanol–water partition coefficient (Wildman–Crippen LogP) is 1.99. The van der Waals surface area contributed by atoms with Gasteiger partial charge in [0.25, 0.3) is 0 Å². The highest BCUT2D eigenvalue weighted by molar-refractivity contribution is 5.94. The molecule has 5 heteroatoms. The second-order valence-electron chi connectivity index (χ2n) is 2.89. The minimum atomic E-state index is -0.914. The molecule has 2 aromatic rings. The fourth-order valence-corrected chi connectivity index (χ4v) is 1.32. The molecule has 0 aliphatic heterocycles. The molecule has 0 fully saturated rings. The average Bonchev–Trinajstić information content (AvgIpc) is 2.48. The molecular formula is C9H9ClN2O2. The van der Waals surface area contributed by atoms with Crippen molar-refractivity contribution < 1.29 is 9.90 Å². The quantitative estimate of drug-likeness (QED) is 0.760. The predicted molar refractivity (Wildman–Crippen MR) is 55.0 cm³/mol. The molecule has 0 aliphatic carbocycles. The van der Waals surface area contributed by atoms with E-state index in [1.165, 1.54) is 0 Å². The topological polar surface area (TPSA) is 66.0 Å². The molecule has 2 rings (SSSR count). The molecule has 1 aromatic heterocycles. The normalized spacial score (nSPS) is 9.79. The van der Waals surface area contributed by atoms with Crippen molar-refractivity contribution in [2.45, 2.75) is 6.92 Å². The Hall–Kier alpha value is -1.55. The molecule has 0 radical (unpaired) electrons. The third kappa shape index (κ3) is 1.56. The number of carbonyl (C=O) groups is 1. The summed E-state index contributed by atoms with van der Waals surface area (Å²) in [6, 6.07) is 3.36. The van der Waals surface area contributed by atoms with E-state index < -0.39 is 5.97 Å². The van der Waals surface area contributed by atoms with Crippen molar-refractivity contribution in [3.8, 4) is 0 Å². The molecule has 0 bridgehead atoms. The number of benzene rings is 1. The SMILES string of the molecule is Cc1cc2[nH]cnc2cc1C(=O)O.Cl. The number of aromatic nitrogens is 2. The Morgan fingerprint density at radius 1 is 1.50 bits per heavy atom. The number of aryl methyl sites for hydroxylation is 1. The van der Waals surface area contributed by atoms with Gasteiger partial charge in [0.1, 0.15) is 0 Å². The van der Waals surface area contributed by atoms with Crippen molar-refractivity contribution in [3.05, 3.63) is 29.6 Å². The number of aromatic amines is 1. The number of carboxylic acid groups (broad SMARTS) is 1. The standard InChI is InChI=1S/C9H8N2O2.ClH/c1-5-2-7-8(11-4-10-7)3-6(5)9(12)13;/h2-4H,1H3,(H,10,11)(H,12,13);1H. The second-order valence-corrected chi connectivity index (χ2v) is 2.89. The molecule has 0 saturated heterocycles. The number of carboxylic acids is 1. The highest BCUT2D eigenvalue weighted by atomic mass is 35.5. The summed E-state index contributed by atoms with van der Waals surface area (Å²) in [5.74, 6) is -0.914. The number of nitrogens with zero attached hydrogens (tertiary/aromatic N) is 1. The summed E-state index contributed by atoms with van der Waals surface area (Å²) in [7, 11) is 0. The molecule has 1 aromatic carbocycles. The zero-order chi connectivity index (χ0) is 9.42. The number of hydrogen-bond acceptors (Lipinski definition) is 2. The number of hydrogen-bond donors (Lipinski definition) is 2. The maximum Gasteiger partial charge on any atom is 0.336 e. The summed E-state index contributed by atoms with van der Waals surface area (Å²) >= 11 is 0. The summed E-state index contributed by atoms with van der Waals surface area (Å²) in [6.45, 7) is 1.77. The van der Waals surface area contributed by atoms with Gasteiger partial charge in [0.2, 0.25) is 0 Å². The van der Waals surface area contributed by atoms with E-state index >= 15 is 0 Å². The van der Waals surface area contributed by atoms with Crippen LogP contribution in [0.4, 0.5) is 0 Å². The summed E-state index contributed by atoms with van der Waals surface area (Å²) in [5.41, 5.74) is 2.59. The molecular weight excluding hydrogens is 204 g/mol. The Labute approximate surface area is 86.4 Å². The summed E-state index contributed by atoms with van der Waals surface area (Å²) in [5, 5.41) is 8.82. The van der Waals surface area contributed by atoms with Crippen LogP contribution in [0.25, 0.3) is 11.0 Å². The van der Waals surface area contributed by atoms with Gasteiger partial charge in [-0.2, -0.15) is 0 Å². The lowest BCUT2D eigenvalue weighted by atomic mass is 10.1. The van der Waals surface area contributed by atoms with Crippen molar-refractivity contribution in [3.63, 3.8) is 0 Å². The van der Waals surface area contributed by atoms with Gasteiger partial charge in [0.05, 0.1) is 22.9 Å². The number of H-pyrrole nitrogens is 1. The molecule has 0 aliphatic rings. The maximum absolute atomic E-state index is 10.7. The molecule has 0 atom stereocenters. The van der Waals surface area contributed by atoms with Crippen LogP contribution in [0, 0.1) is 6.92 Å². The Kier molecular flexibility index (Phi) is 2.76. The molecule has 14 heavy (non-hydrogen) atoms. The lowest BCUT2D eigenvalue weighted by molar-refractivity contribution is 0.0696. The van der Waals surface area contributed by atoms with Crippen LogP contribution in [0.3, 0.4) is 0 Å². The van der Waals surface area contributed by atoms with Crippen molar-refractivity contribution in [1.29, 1.82) is 0 Å². The van der Waals surface area contributed by atoms with Gasteiger partial charge in [-0.1, -0.05) is 0 Å². The van der Waals surface area contributed by atoms with Gasteiger partial charge in [-0.15, -0.1) is 12.4 Å². The molecule has 0 spiro atoms. The van der Waals surface area contributed by atoms with Crippen molar-refractivity contribution in [2.75, 3.05) is 0 Å². The van der Waals surface area contributed by atoms with Gasteiger partial charge in [0, 0.05) is 0 Å². The molecule has 74 valence electrons. The van der Waals surface area contributed by atoms with Crippen LogP contribution in [-0.4, -0.2) is 21.0 Å². The smallest absolute Gasteiger partial charge is 0.336 e. The van der Waals surface area contributed by atoms with Crippen molar-refractivity contribution >= 4 is 29.4 Å². The monoisotopic (exact) mass is 212 g/mol. The highest BCUT2D eigenvalue weighted by Crippen LogP contribution is 2.16. The minimum absolute atomic E-state index is 0. The Bertz CT molecular complexity index is 479. The zero-order valence-corrected chi connectivity index (χ0v) is 8.26. The maximum atomic E-state index is 10.7. The average molecular weight is 213 g/mol. The van der Waals surface area contributed by atoms with Crippen molar-refractivity contribution in [1.82, 2.24) is 9.97 Å². The number of imidazole rings is 1. The van der Waals surface area contributed by atoms with Gasteiger partial charge < -0.3 is 10.1 Å². The largest absolute Gasteiger partial charge is 0.478 e. The first-order chi connectivity index (χ1) is 6.18. The molecule has 0 unspecified atom stereocenters. The van der Waals surface area contributed by atoms with E-state index in [1.54, 1.807) is 25.4 Å². The Balaban J connectivity index is 0.000000980. The zero-order valence-electron chi connectivity index (χ0n) is 7.44.